The van der Waals surface area contributed by atoms with Crippen molar-refractivity contribution in [2.75, 3.05) is 13.7 Å². The maximum atomic E-state index is 6.05. The van der Waals surface area contributed by atoms with Crippen molar-refractivity contribution in [3.63, 3.8) is 0 Å². The number of hydrogen-bond acceptors (Lipinski definition) is 3. The van der Waals surface area contributed by atoms with E-state index in [0.717, 1.165) is 24.5 Å². The Labute approximate surface area is 173 Å². The van der Waals surface area contributed by atoms with Gasteiger partial charge < -0.3 is 14.8 Å². The van der Waals surface area contributed by atoms with Crippen LogP contribution in [-0.2, 0) is 13.0 Å². The highest BCUT2D eigenvalue weighted by atomic mass is 16.5. The van der Waals surface area contributed by atoms with Crippen molar-refractivity contribution in [3.8, 4) is 11.5 Å². The van der Waals surface area contributed by atoms with E-state index in [4.69, 9.17) is 9.47 Å². The van der Waals surface area contributed by atoms with E-state index >= 15 is 0 Å². The summed E-state index contributed by atoms with van der Waals surface area (Å²) in [5.41, 5.74) is 6.37. The molecule has 1 aliphatic heterocycles. The van der Waals surface area contributed by atoms with Gasteiger partial charge in [0.05, 0.1) is 13.2 Å². The topological polar surface area (TPSA) is 30.5 Å². The van der Waals surface area contributed by atoms with Gasteiger partial charge in [-0.2, -0.15) is 0 Å². The Kier molecular flexibility index (Phi) is 5.86. The lowest BCUT2D eigenvalue weighted by atomic mass is 9.87. The Morgan fingerprint density at radius 1 is 0.966 bits per heavy atom. The molecule has 0 radical (unpaired) electrons. The molecule has 0 amide bonds. The fraction of sp³-hybridized carbons (Fsp3) is 0.308. The molecule has 0 aliphatic carbocycles. The Hall–Kier alpha value is -2.78. The first kappa shape index (κ1) is 19.5. The van der Waals surface area contributed by atoms with Crippen molar-refractivity contribution in [2.45, 2.75) is 38.8 Å². The van der Waals surface area contributed by atoms with Gasteiger partial charge in [-0.15, -0.1) is 0 Å². The summed E-state index contributed by atoms with van der Waals surface area (Å²) in [7, 11) is 1.75. The van der Waals surface area contributed by atoms with Gasteiger partial charge in [-0.05, 0) is 58.9 Å². The Bertz CT molecular complexity index is 966. The van der Waals surface area contributed by atoms with Gasteiger partial charge in [0.2, 0.25) is 0 Å². The van der Waals surface area contributed by atoms with Crippen molar-refractivity contribution in [3.05, 3.63) is 94.5 Å². The highest BCUT2D eigenvalue weighted by molar-refractivity contribution is 5.49. The van der Waals surface area contributed by atoms with Gasteiger partial charge in [-0.1, -0.05) is 56.3 Å². The fourth-order valence-electron chi connectivity index (χ4n) is 3.99. The molecule has 3 aromatic carbocycles. The molecule has 0 saturated carbocycles. The van der Waals surface area contributed by atoms with E-state index in [1.54, 1.807) is 7.11 Å². The largest absolute Gasteiger partial charge is 0.496 e. The van der Waals surface area contributed by atoms with E-state index in [-0.39, 0.29) is 6.04 Å². The summed E-state index contributed by atoms with van der Waals surface area (Å²) < 4.78 is 11.7. The van der Waals surface area contributed by atoms with Crippen LogP contribution >= 0.6 is 0 Å². The third kappa shape index (κ3) is 4.30. The highest BCUT2D eigenvalue weighted by Crippen LogP contribution is 2.37. The first-order valence-corrected chi connectivity index (χ1v) is 10.4. The van der Waals surface area contributed by atoms with Crippen LogP contribution in [0.2, 0.25) is 0 Å². The van der Waals surface area contributed by atoms with E-state index in [1.165, 1.54) is 27.8 Å². The predicted octanol–water partition coefficient (Wildman–Crippen LogP) is 5.63. The van der Waals surface area contributed by atoms with Crippen molar-refractivity contribution >= 4 is 0 Å². The molecule has 1 aliphatic rings. The molecule has 1 atom stereocenters. The normalized spacial score (nSPS) is 15.8. The SMILES string of the molecule is COc1ccc(C(C)C)cc1C1NCCc2cc(OCc3ccccc3)ccc21. The molecular weight excluding hydrogens is 358 g/mol. The first-order chi connectivity index (χ1) is 14.2. The van der Waals surface area contributed by atoms with Gasteiger partial charge in [0.25, 0.3) is 0 Å². The number of fused-ring (bicyclic) bond motifs is 1. The van der Waals surface area contributed by atoms with Gasteiger partial charge in [0.1, 0.15) is 18.1 Å². The zero-order valence-corrected chi connectivity index (χ0v) is 17.4. The monoisotopic (exact) mass is 387 g/mol. The first-order valence-electron chi connectivity index (χ1n) is 10.4. The molecule has 0 aromatic heterocycles. The maximum absolute atomic E-state index is 6.05. The fourth-order valence-corrected chi connectivity index (χ4v) is 3.99. The molecule has 29 heavy (non-hydrogen) atoms. The summed E-state index contributed by atoms with van der Waals surface area (Å²) in [6, 6.07) is 23.5. The lowest BCUT2D eigenvalue weighted by Crippen LogP contribution is -2.31. The van der Waals surface area contributed by atoms with Gasteiger partial charge in [-0.25, -0.2) is 0 Å². The number of hydrogen-bond donors (Lipinski definition) is 1. The zero-order valence-electron chi connectivity index (χ0n) is 17.4. The van der Waals surface area contributed by atoms with Crippen molar-refractivity contribution < 1.29 is 9.47 Å². The zero-order chi connectivity index (χ0) is 20.2. The van der Waals surface area contributed by atoms with Crippen molar-refractivity contribution in [1.82, 2.24) is 5.32 Å². The van der Waals surface area contributed by atoms with Crippen LogP contribution in [0.3, 0.4) is 0 Å². The molecule has 1 N–H and O–H groups in total. The summed E-state index contributed by atoms with van der Waals surface area (Å²) >= 11 is 0. The number of rotatable bonds is 6. The van der Waals surface area contributed by atoms with Crippen molar-refractivity contribution in [1.29, 1.82) is 0 Å². The van der Waals surface area contributed by atoms with Crippen LogP contribution in [0.15, 0.2) is 66.7 Å². The molecular formula is C26H29NO2. The number of nitrogens with one attached hydrogen (secondary N) is 1. The lowest BCUT2D eigenvalue weighted by Gasteiger charge is -2.29. The third-order valence-electron chi connectivity index (χ3n) is 5.65. The highest BCUT2D eigenvalue weighted by Gasteiger charge is 2.25. The van der Waals surface area contributed by atoms with Crippen LogP contribution in [0.25, 0.3) is 0 Å². The van der Waals surface area contributed by atoms with E-state index in [1.807, 2.05) is 18.2 Å². The summed E-state index contributed by atoms with van der Waals surface area (Å²) in [6.07, 6.45) is 1.00. The minimum atomic E-state index is 0.135. The number of methoxy groups -OCH3 is 1. The molecule has 0 bridgehead atoms. The summed E-state index contributed by atoms with van der Waals surface area (Å²) in [5.74, 6) is 2.34. The van der Waals surface area contributed by atoms with E-state index in [9.17, 15) is 0 Å². The molecule has 0 saturated heterocycles. The maximum Gasteiger partial charge on any atom is 0.124 e. The second-order valence-electron chi connectivity index (χ2n) is 7.93. The van der Waals surface area contributed by atoms with Crippen LogP contribution in [0, 0.1) is 0 Å². The summed E-state index contributed by atoms with van der Waals surface area (Å²) in [4.78, 5) is 0. The van der Waals surface area contributed by atoms with Crippen molar-refractivity contribution in [2.24, 2.45) is 0 Å². The second-order valence-corrected chi connectivity index (χ2v) is 7.93. The van der Waals surface area contributed by atoms with Crippen LogP contribution in [0.4, 0.5) is 0 Å². The quantitative estimate of drug-likeness (QED) is 0.594. The van der Waals surface area contributed by atoms with Crippen LogP contribution in [-0.4, -0.2) is 13.7 Å². The average Bonchev–Trinajstić information content (AvgIpc) is 2.77. The van der Waals surface area contributed by atoms with E-state index < -0.39 is 0 Å². The van der Waals surface area contributed by atoms with Gasteiger partial charge in [0.15, 0.2) is 0 Å². The molecule has 0 spiro atoms. The van der Waals surface area contributed by atoms with Crippen LogP contribution in [0.1, 0.15) is 53.6 Å². The van der Waals surface area contributed by atoms with Gasteiger partial charge in [-0.3, -0.25) is 0 Å². The molecule has 3 aromatic rings. The third-order valence-corrected chi connectivity index (χ3v) is 5.65. The Balaban J connectivity index is 1.61. The average molecular weight is 388 g/mol. The molecule has 0 fully saturated rings. The van der Waals surface area contributed by atoms with Crippen LogP contribution < -0.4 is 14.8 Å². The predicted molar refractivity (Wildman–Crippen MR) is 118 cm³/mol. The molecule has 1 unspecified atom stereocenters. The molecule has 3 nitrogen and oxygen atoms in total. The molecule has 3 heteroatoms. The molecule has 1 heterocycles. The molecule has 150 valence electrons. The van der Waals surface area contributed by atoms with Gasteiger partial charge in [0, 0.05) is 12.1 Å². The van der Waals surface area contributed by atoms with E-state index in [2.05, 4.69) is 67.7 Å². The minimum absolute atomic E-state index is 0.135. The minimum Gasteiger partial charge on any atom is -0.496 e. The molecule has 4 rings (SSSR count). The Morgan fingerprint density at radius 2 is 1.79 bits per heavy atom. The smallest absolute Gasteiger partial charge is 0.124 e. The Morgan fingerprint density at radius 3 is 2.55 bits per heavy atom. The standard InChI is InChI=1S/C26H29NO2/c1-18(2)20-9-12-25(28-3)24(16-20)26-23-11-10-22(15-21(23)13-14-27-26)29-17-19-7-5-4-6-8-19/h4-12,15-16,18,26-27H,13-14,17H2,1-3H3. The van der Waals surface area contributed by atoms with Gasteiger partial charge >= 0.3 is 0 Å². The van der Waals surface area contributed by atoms with E-state index in [0.29, 0.717) is 12.5 Å². The second kappa shape index (κ2) is 8.71. The summed E-state index contributed by atoms with van der Waals surface area (Å²) in [5, 5.41) is 3.69. The summed E-state index contributed by atoms with van der Waals surface area (Å²) in [6.45, 7) is 5.98. The number of ether oxygens (including phenoxy) is 2. The van der Waals surface area contributed by atoms with Crippen LogP contribution in [0.5, 0.6) is 11.5 Å². The number of benzene rings is 3. The lowest BCUT2D eigenvalue weighted by molar-refractivity contribution is 0.305.